The van der Waals surface area contributed by atoms with E-state index in [0.29, 0.717) is 19.3 Å². The molecule has 0 fully saturated rings. The number of hydrogen-bond acceptors (Lipinski definition) is 3. The fourth-order valence-electron chi connectivity index (χ4n) is 1.54. The van der Waals surface area contributed by atoms with Gasteiger partial charge in [-0.3, -0.25) is 4.79 Å². The molecule has 16 heavy (non-hydrogen) atoms. The summed E-state index contributed by atoms with van der Waals surface area (Å²) in [7, 11) is 3.23. The van der Waals surface area contributed by atoms with Gasteiger partial charge in [0.1, 0.15) is 5.78 Å². The average molecular weight is 289 g/mol. The van der Waals surface area contributed by atoms with Crippen LogP contribution >= 0.6 is 15.9 Å². The summed E-state index contributed by atoms with van der Waals surface area (Å²) in [6.45, 7) is 0. The largest absolute Gasteiger partial charge is 0.349 e. The van der Waals surface area contributed by atoms with Crippen LogP contribution < -0.4 is 0 Å². The summed E-state index contributed by atoms with van der Waals surface area (Å²) < 4.78 is 10.7. The summed E-state index contributed by atoms with van der Waals surface area (Å²) in [4.78, 5) is 11.5. The van der Waals surface area contributed by atoms with Gasteiger partial charge in [-0.15, -0.1) is 0 Å². The van der Waals surface area contributed by atoms with E-state index >= 15 is 0 Å². The molecular formula is C12H17BrO3. The van der Waals surface area contributed by atoms with E-state index in [1.54, 1.807) is 14.2 Å². The lowest BCUT2D eigenvalue weighted by molar-refractivity contribution is -0.167. The highest BCUT2D eigenvalue weighted by molar-refractivity contribution is 9.09. The second-order valence-corrected chi connectivity index (χ2v) is 4.89. The highest BCUT2D eigenvalue weighted by Gasteiger charge is 2.25. The number of carbonyl (C=O) groups is 1. The predicted molar refractivity (Wildman–Crippen MR) is 66.6 cm³/mol. The van der Waals surface area contributed by atoms with Crippen LogP contribution in [-0.2, 0) is 14.3 Å². The Morgan fingerprint density at radius 2 is 2.06 bits per heavy atom. The maximum absolute atomic E-state index is 11.4. The molecule has 4 heteroatoms. The van der Waals surface area contributed by atoms with Gasteiger partial charge in [0.05, 0.1) is 0 Å². The molecule has 1 atom stereocenters. The lowest BCUT2D eigenvalue weighted by Gasteiger charge is -2.27. The van der Waals surface area contributed by atoms with Gasteiger partial charge >= 0.3 is 0 Å². The van der Waals surface area contributed by atoms with Gasteiger partial charge < -0.3 is 9.47 Å². The summed E-state index contributed by atoms with van der Waals surface area (Å²) >= 11 is 3.44. The number of halogens is 1. The van der Waals surface area contributed by atoms with Gasteiger partial charge in [0.2, 0.25) is 0 Å². The topological polar surface area (TPSA) is 35.5 Å². The van der Waals surface area contributed by atoms with Crippen molar-refractivity contribution in [1.29, 1.82) is 0 Å². The van der Waals surface area contributed by atoms with Crippen molar-refractivity contribution in [1.82, 2.24) is 0 Å². The Morgan fingerprint density at radius 3 is 2.69 bits per heavy atom. The number of ketones is 1. The Balaban J connectivity index is 2.85. The smallest absolute Gasteiger partial charge is 0.190 e. The van der Waals surface area contributed by atoms with Crippen LogP contribution in [0.3, 0.4) is 0 Å². The minimum absolute atomic E-state index is 0.0381. The molecule has 0 saturated carbocycles. The Labute approximate surface area is 105 Å². The van der Waals surface area contributed by atoms with Gasteiger partial charge in [-0.05, 0) is 6.08 Å². The third-order valence-electron chi connectivity index (χ3n) is 2.59. The summed E-state index contributed by atoms with van der Waals surface area (Å²) in [6.07, 6.45) is 9.12. The fourth-order valence-corrected chi connectivity index (χ4v) is 2.05. The number of Topliss-reactive ketones (excluding diaryl/α,β-unsaturated/α-hetero) is 1. The Hall–Kier alpha value is -0.450. The molecule has 0 bridgehead atoms. The van der Waals surface area contributed by atoms with E-state index in [4.69, 9.17) is 9.47 Å². The first-order valence-electron chi connectivity index (χ1n) is 5.22. The van der Waals surface area contributed by atoms with Crippen molar-refractivity contribution < 1.29 is 14.3 Å². The van der Waals surface area contributed by atoms with Crippen molar-refractivity contribution >= 4 is 21.7 Å². The molecule has 1 aliphatic rings. The Kier molecular flexibility index (Phi) is 5.38. The van der Waals surface area contributed by atoms with Crippen LogP contribution in [0.15, 0.2) is 24.3 Å². The normalized spacial score (nSPS) is 29.7. The second kappa shape index (κ2) is 6.33. The lowest BCUT2D eigenvalue weighted by Crippen LogP contribution is -2.31. The molecule has 0 aromatic rings. The molecule has 0 aliphatic heterocycles. The van der Waals surface area contributed by atoms with Crippen molar-refractivity contribution in [2.24, 2.45) is 0 Å². The number of allylic oxidation sites excluding steroid dienone is 2. The summed E-state index contributed by atoms with van der Waals surface area (Å²) in [5.74, 6) is -0.492. The minimum atomic E-state index is -0.719. The van der Waals surface area contributed by atoms with Crippen LogP contribution in [0.5, 0.6) is 0 Å². The standard InChI is InChI=1S/C12H17BrO3/c1-15-12(16-2)7-4-3-5-11(14)9-10(13)6-8-12/h3-4,6,8,10H,5,7,9H2,1-2H3/b4-3+,8-6+. The number of carbonyl (C=O) groups excluding carboxylic acids is 1. The molecule has 90 valence electrons. The van der Waals surface area contributed by atoms with E-state index in [9.17, 15) is 4.79 Å². The van der Waals surface area contributed by atoms with Crippen LogP contribution in [0.4, 0.5) is 0 Å². The number of ether oxygens (including phenoxy) is 2. The van der Waals surface area contributed by atoms with Crippen LogP contribution in [0.1, 0.15) is 19.3 Å². The number of hydrogen-bond donors (Lipinski definition) is 0. The minimum Gasteiger partial charge on any atom is -0.349 e. The maximum Gasteiger partial charge on any atom is 0.190 e. The summed E-state index contributed by atoms with van der Waals surface area (Å²) in [5.41, 5.74) is 0. The number of rotatable bonds is 2. The first kappa shape index (κ1) is 13.6. The van der Waals surface area contributed by atoms with E-state index in [1.165, 1.54) is 0 Å². The molecule has 0 heterocycles. The van der Waals surface area contributed by atoms with Gasteiger partial charge in [-0.25, -0.2) is 0 Å². The molecule has 1 unspecified atom stereocenters. The van der Waals surface area contributed by atoms with Gasteiger partial charge in [0, 0.05) is 38.3 Å². The zero-order valence-electron chi connectivity index (χ0n) is 9.61. The van der Waals surface area contributed by atoms with Crippen molar-refractivity contribution in [2.75, 3.05) is 14.2 Å². The molecule has 1 rings (SSSR count). The predicted octanol–water partition coefficient (Wildman–Crippen LogP) is 2.60. The van der Waals surface area contributed by atoms with Gasteiger partial charge in [0.25, 0.3) is 0 Å². The maximum atomic E-state index is 11.4. The van der Waals surface area contributed by atoms with E-state index < -0.39 is 5.79 Å². The molecule has 0 radical (unpaired) electrons. The molecule has 3 nitrogen and oxygen atoms in total. The zero-order chi connectivity index (χ0) is 12.0. The van der Waals surface area contributed by atoms with Crippen LogP contribution in [-0.4, -0.2) is 30.6 Å². The van der Waals surface area contributed by atoms with Gasteiger partial charge in [-0.1, -0.05) is 34.2 Å². The third kappa shape index (κ3) is 3.85. The van der Waals surface area contributed by atoms with Crippen molar-refractivity contribution in [2.45, 2.75) is 29.9 Å². The average Bonchev–Trinajstić information content (AvgIpc) is 2.28. The quantitative estimate of drug-likeness (QED) is 0.445. The first-order valence-corrected chi connectivity index (χ1v) is 6.14. The van der Waals surface area contributed by atoms with Crippen LogP contribution in [0.25, 0.3) is 0 Å². The van der Waals surface area contributed by atoms with E-state index in [-0.39, 0.29) is 10.6 Å². The second-order valence-electron chi connectivity index (χ2n) is 3.72. The Bertz CT molecular complexity index is 293. The van der Waals surface area contributed by atoms with E-state index in [1.807, 2.05) is 24.3 Å². The van der Waals surface area contributed by atoms with E-state index in [2.05, 4.69) is 15.9 Å². The van der Waals surface area contributed by atoms with Crippen molar-refractivity contribution in [3.63, 3.8) is 0 Å². The molecule has 0 N–H and O–H groups in total. The van der Waals surface area contributed by atoms with Crippen molar-refractivity contribution in [3.8, 4) is 0 Å². The monoisotopic (exact) mass is 288 g/mol. The molecule has 0 amide bonds. The molecule has 0 spiro atoms. The van der Waals surface area contributed by atoms with Crippen molar-refractivity contribution in [3.05, 3.63) is 24.3 Å². The highest BCUT2D eigenvalue weighted by atomic mass is 79.9. The van der Waals surface area contributed by atoms with E-state index in [0.717, 1.165) is 0 Å². The number of alkyl halides is 1. The summed E-state index contributed by atoms with van der Waals surface area (Å²) in [5, 5.41) is 0. The first-order chi connectivity index (χ1) is 7.62. The van der Waals surface area contributed by atoms with Gasteiger partial charge in [0.15, 0.2) is 5.79 Å². The molecular weight excluding hydrogens is 272 g/mol. The molecule has 0 saturated heterocycles. The van der Waals surface area contributed by atoms with Crippen LogP contribution in [0.2, 0.25) is 0 Å². The van der Waals surface area contributed by atoms with Gasteiger partial charge in [-0.2, -0.15) is 0 Å². The summed E-state index contributed by atoms with van der Waals surface area (Å²) in [6, 6.07) is 0. The Morgan fingerprint density at radius 1 is 1.38 bits per heavy atom. The SMILES string of the molecule is COC1(OC)/C=C/C(Br)CC(=O)C/C=C/C1. The zero-order valence-corrected chi connectivity index (χ0v) is 11.2. The highest BCUT2D eigenvalue weighted by Crippen LogP contribution is 2.22. The fraction of sp³-hybridized carbons (Fsp3) is 0.583. The molecule has 0 aromatic heterocycles. The molecule has 1 aliphatic carbocycles. The third-order valence-corrected chi connectivity index (χ3v) is 3.22. The van der Waals surface area contributed by atoms with Crippen LogP contribution in [0, 0.1) is 0 Å². The number of methoxy groups -OCH3 is 2. The molecule has 0 aromatic carbocycles. The lowest BCUT2D eigenvalue weighted by atomic mass is 10.1.